The van der Waals surface area contributed by atoms with Crippen LogP contribution in [0, 0.1) is 18.3 Å². The van der Waals surface area contributed by atoms with E-state index < -0.39 is 0 Å². The number of rotatable bonds is 6. The number of thiophene rings is 1. The number of nitrogens with one attached hydrogen (secondary N) is 1. The van der Waals surface area contributed by atoms with Crippen LogP contribution in [0.1, 0.15) is 43.2 Å². The van der Waals surface area contributed by atoms with E-state index in [0.717, 1.165) is 61.1 Å². The monoisotopic (exact) mass is 619 g/mol. The quantitative estimate of drug-likeness (QED) is 0.197. The molecule has 0 bridgehead atoms. The van der Waals surface area contributed by atoms with Crippen molar-refractivity contribution in [3.05, 3.63) is 110 Å². The molecule has 43 heavy (non-hydrogen) atoms. The molecule has 0 saturated heterocycles. The second-order valence-corrected chi connectivity index (χ2v) is 13.2. The molecule has 1 aliphatic rings. The molecular formula is C33H25N5O2S3. The third-order valence-corrected chi connectivity index (χ3v) is 10.6. The Labute approximate surface area is 260 Å². The van der Waals surface area contributed by atoms with E-state index in [4.69, 9.17) is 4.98 Å². The molecule has 0 radical (unpaired) electrons. The van der Waals surface area contributed by atoms with Gasteiger partial charge in [-0.25, -0.2) is 9.97 Å². The highest BCUT2D eigenvalue weighted by Gasteiger charge is 2.25. The maximum atomic E-state index is 13.4. The third-order valence-electron chi connectivity index (χ3n) is 7.71. The summed E-state index contributed by atoms with van der Waals surface area (Å²) in [6, 6.07) is 21.5. The van der Waals surface area contributed by atoms with Crippen molar-refractivity contribution >= 4 is 60.4 Å². The number of carbonyl (C=O) groups excluding carboxylic acids is 1. The molecule has 7 nitrogen and oxygen atoms in total. The number of nitrogens with zero attached hydrogens (tertiary/aromatic N) is 4. The predicted molar refractivity (Wildman–Crippen MR) is 175 cm³/mol. The van der Waals surface area contributed by atoms with E-state index in [1.165, 1.54) is 28.2 Å². The van der Waals surface area contributed by atoms with Crippen LogP contribution in [0.5, 0.6) is 5.75 Å². The van der Waals surface area contributed by atoms with Crippen molar-refractivity contribution in [2.24, 2.45) is 0 Å². The summed E-state index contributed by atoms with van der Waals surface area (Å²) < 4.78 is 1.03. The number of aromatic nitrogens is 2. The Balaban J connectivity index is 1.12. The lowest BCUT2D eigenvalue weighted by Crippen LogP contribution is -2.32. The third kappa shape index (κ3) is 5.27. The van der Waals surface area contributed by atoms with Crippen molar-refractivity contribution in [2.75, 3.05) is 16.8 Å². The fourth-order valence-electron chi connectivity index (χ4n) is 5.43. The Bertz CT molecular complexity index is 2020. The van der Waals surface area contributed by atoms with Gasteiger partial charge in [-0.1, -0.05) is 41.7 Å². The highest BCUT2D eigenvalue weighted by atomic mass is 32.1. The molecule has 6 aromatic rings. The summed E-state index contributed by atoms with van der Waals surface area (Å²) in [5.41, 5.74) is 7.86. The van der Waals surface area contributed by atoms with Crippen molar-refractivity contribution in [1.29, 1.82) is 5.26 Å². The molecule has 3 aromatic heterocycles. The van der Waals surface area contributed by atoms with Gasteiger partial charge in [0.1, 0.15) is 11.8 Å². The van der Waals surface area contributed by atoms with Gasteiger partial charge < -0.3 is 10.0 Å². The van der Waals surface area contributed by atoms with Gasteiger partial charge in [-0.15, -0.1) is 11.3 Å². The van der Waals surface area contributed by atoms with Crippen molar-refractivity contribution < 1.29 is 9.90 Å². The predicted octanol–water partition coefficient (Wildman–Crippen LogP) is 7.77. The average Bonchev–Trinajstić information content (AvgIpc) is 3.76. The zero-order chi connectivity index (χ0) is 29.5. The van der Waals surface area contributed by atoms with Gasteiger partial charge in [0.15, 0.2) is 10.3 Å². The minimum absolute atomic E-state index is 0.158. The van der Waals surface area contributed by atoms with Gasteiger partial charge in [-0.3, -0.25) is 10.1 Å². The fourth-order valence-corrected chi connectivity index (χ4v) is 8.19. The number of phenols is 1. The molecule has 0 spiro atoms. The standard InChI is InChI=1S/C33H25N5O2S3/c1-19-30(14-22-13-21(9-10-28(22)39)26-18-41-17-23(26)15-34)43-33(35-19)38-12-11-20-5-4-6-24(25(20)16-38)31(40)37-32-36-27-7-2-3-8-29(27)42-32/h2-10,13,17-18,39H,11-12,14,16H2,1H3,(H,36,37,40). The summed E-state index contributed by atoms with van der Waals surface area (Å²) in [4.78, 5) is 26.2. The first-order chi connectivity index (χ1) is 21.0. The Kier molecular flexibility index (Phi) is 7.15. The molecule has 0 fully saturated rings. The zero-order valence-corrected chi connectivity index (χ0v) is 25.6. The first-order valence-corrected chi connectivity index (χ1v) is 16.3. The molecule has 212 valence electrons. The minimum Gasteiger partial charge on any atom is -0.508 e. The maximum Gasteiger partial charge on any atom is 0.257 e. The Hall–Kier alpha value is -4.56. The number of hydrogen-bond donors (Lipinski definition) is 2. The number of nitriles is 1. The summed E-state index contributed by atoms with van der Waals surface area (Å²) in [5.74, 6) is 0.0665. The number of carbonyl (C=O) groups is 1. The lowest BCUT2D eigenvalue weighted by molar-refractivity contribution is 0.102. The first kappa shape index (κ1) is 27.3. The van der Waals surface area contributed by atoms with Gasteiger partial charge in [-0.2, -0.15) is 16.6 Å². The molecule has 1 amide bonds. The van der Waals surface area contributed by atoms with E-state index in [-0.39, 0.29) is 11.7 Å². The van der Waals surface area contributed by atoms with E-state index in [9.17, 15) is 15.2 Å². The van der Waals surface area contributed by atoms with Crippen LogP contribution in [0.4, 0.5) is 10.3 Å². The van der Waals surface area contributed by atoms with E-state index >= 15 is 0 Å². The second-order valence-electron chi connectivity index (χ2n) is 10.4. The first-order valence-electron chi connectivity index (χ1n) is 13.7. The number of aromatic hydroxyl groups is 1. The van der Waals surface area contributed by atoms with E-state index in [1.54, 1.807) is 17.4 Å². The number of phenolic OH excluding ortho intramolecular Hbond substituents is 1. The van der Waals surface area contributed by atoms with Gasteiger partial charge >= 0.3 is 0 Å². The number of anilines is 2. The van der Waals surface area contributed by atoms with Gasteiger partial charge in [0.25, 0.3) is 5.91 Å². The summed E-state index contributed by atoms with van der Waals surface area (Å²) in [7, 11) is 0. The molecule has 4 heterocycles. The van der Waals surface area contributed by atoms with Crippen LogP contribution in [0.2, 0.25) is 0 Å². The smallest absolute Gasteiger partial charge is 0.257 e. The number of hydrogen-bond acceptors (Lipinski definition) is 9. The van der Waals surface area contributed by atoms with Crippen LogP contribution in [0.15, 0.2) is 71.4 Å². The molecule has 0 saturated carbocycles. The number of amides is 1. The molecule has 3 aromatic carbocycles. The number of aryl methyl sites for hydroxylation is 1. The fraction of sp³-hybridized carbons (Fsp3) is 0.152. The molecule has 10 heteroatoms. The highest BCUT2D eigenvalue weighted by molar-refractivity contribution is 7.22. The van der Waals surface area contributed by atoms with Crippen LogP contribution in [0.25, 0.3) is 21.3 Å². The number of para-hydroxylation sites is 1. The van der Waals surface area contributed by atoms with Crippen molar-refractivity contribution in [3.8, 4) is 22.9 Å². The topological polar surface area (TPSA) is 102 Å². The second kappa shape index (κ2) is 11.3. The molecule has 7 rings (SSSR count). The normalized spacial score (nSPS) is 12.7. The molecule has 1 aliphatic heterocycles. The number of thiazole rings is 2. The van der Waals surface area contributed by atoms with Crippen LogP contribution in [-0.2, 0) is 19.4 Å². The highest BCUT2D eigenvalue weighted by Crippen LogP contribution is 2.36. The van der Waals surface area contributed by atoms with Crippen molar-refractivity contribution in [1.82, 2.24) is 9.97 Å². The van der Waals surface area contributed by atoms with Crippen LogP contribution < -0.4 is 10.2 Å². The minimum atomic E-state index is -0.158. The molecule has 2 N–H and O–H groups in total. The summed E-state index contributed by atoms with van der Waals surface area (Å²) in [6.07, 6.45) is 1.35. The maximum absolute atomic E-state index is 13.4. The molecular weight excluding hydrogens is 595 g/mol. The summed E-state index contributed by atoms with van der Waals surface area (Å²) in [6.45, 7) is 3.39. The Morgan fingerprint density at radius 2 is 1.98 bits per heavy atom. The van der Waals surface area contributed by atoms with Gasteiger partial charge in [0, 0.05) is 40.9 Å². The zero-order valence-electron chi connectivity index (χ0n) is 23.1. The Morgan fingerprint density at radius 1 is 1.09 bits per heavy atom. The van der Waals surface area contributed by atoms with Crippen LogP contribution in [0.3, 0.4) is 0 Å². The van der Waals surface area contributed by atoms with Gasteiger partial charge in [-0.05, 0) is 71.3 Å². The Morgan fingerprint density at radius 3 is 2.84 bits per heavy atom. The van der Waals surface area contributed by atoms with Crippen molar-refractivity contribution in [3.63, 3.8) is 0 Å². The number of benzene rings is 3. The van der Waals surface area contributed by atoms with Gasteiger partial charge in [0.05, 0.1) is 21.5 Å². The van der Waals surface area contributed by atoms with Gasteiger partial charge in [0.2, 0.25) is 0 Å². The van der Waals surface area contributed by atoms with Crippen LogP contribution in [-0.4, -0.2) is 27.5 Å². The largest absolute Gasteiger partial charge is 0.508 e. The molecule has 0 atom stereocenters. The number of fused-ring (bicyclic) bond motifs is 2. The lowest BCUT2D eigenvalue weighted by Gasteiger charge is -2.29. The van der Waals surface area contributed by atoms with E-state index in [0.29, 0.717) is 29.2 Å². The lowest BCUT2D eigenvalue weighted by atomic mass is 9.94. The van der Waals surface area contributed by atoms with E-state index in [1.807, 2.05) is 66.2 Å². The molecule has 0 unspecified atom stereocenters. The van der Waals surface area contributed by atoms with Crippen molar-refractivity contribution in [2.45, 2.75) is 26.3 Å². The van der Waals surface area contributed by atoms with Crippen LogP contribution >= 0.6 is 34.0 Å². The van der Waals surface area contributed by atoms with E-state index in [2.05, 4.69) is 27.3 Å². The SMILES string of the molecule is Cc1nc(N2CCc3cccc(C(=O)Nc4nc5ccccc5s4)c3C2)sc1Cc1cc(-c2cscc2C#N)ccc1O. The summed E-state index contributed by atoms with van der Waals surface area (Å²) in [5, 5.41) is 28.5. The molecule has 0 aliphatic carbocycles. The average molecular weight is 620 g/mol. The summed E-state index contributed by atoms with van der Waals surface area (Å²) >= 11 is 4.58.